The summed E-state index contributed by atoms with van der Waals surface area (Å²) < 4.78 is 0. The van der Waals surface area contributed by atoms with Gasteiger partial charge in [0, 0.05) is 18.7 Å². The van der Waals surface area contributed by atoms with Gasteiger partial charge in [-0.15, -0.1) is 10.2 Å². The van der Waals surface area contributed by atoms with Crippen LogP contribution in [0.1, 0.15) is 5.56 Å². The Labute approximate surface area is 106 Å². The summed E-state index contributed by atoms with van der Waals surface area (Å²) in [5.41, 5.74) is 3.26. The molecular formula is C14H16N4. The summed E-state index contributed by atoms with van der Waals surface area (Å²) in [5.74, 6) is 0.845. The van der Waals surface area contributed by atoms with Crippen LogP contribution in [0.5, 0.6) is 0 Å². The molecule has 2 N–H and O–H groups in total. The molecule has 0 aliphatic carbocycles. The van der Waals surface area contributed by atoms with Gasteiger partial charge in [-0.3, -0.25) is 0 Å². The molecule has 1 aliphatic heterocycles. The monoisotopic (exact) mass is 240 g/mol. The summed E-state index contributed by atoms with van der Waals surface area (Å²) in [6.07, 6.45) is 0. The van der Waals surface area contributed by atoms with Gasteiger partial charge in [-0.25, -0.2) is 0 Å². The van der Waals surface area contributed by atoms with E-state index in [1.807, 2.05) is 12.1 Å². The third kappa shape index (κ3) is 2.33. The molecule has 2 heterocycles. The summed E-state index contributed by atoms with van der Waals surface area (Å²) in [5, 5.41) is 15.0. The second-order valence-electron chi connectivity index (χ2n) is 4.67. The maximum Gasteiger partial charge on any atom is 0.148 e. The molecular weight excluding hydrogens is 224 g/mol. The van der Waals surface area contributed by atoms with Crippen molar-refractivity contribution in [1.29, 1.82) is 0 Å². The highest BCUT2D eigenvalue weighted by molar-refractivity contribution is 5.59. The molecule has 1 saturated heterocycles. The fourth-order valence-corrected chi connectivity index (χ4v) is 1.89. The van der Waals surface area contributed by atoms with E-state index in [0.717, 1.165) is 30.2 Å². The minimum Gasteiger partial charge on any atom is -0.363 e. The Morgan fingerprint density at radius 3 is 2.39 bits per heavy atom. The fraction of sp³-hybridized carbons (Fsp3) is 0.286. The lowest BCUT2D eigenvalue weighted by atomic mass is 10.1. The average Bonchev–Trinajstić information content (AvgIpc) is 2.36. The van der Waals surface area contributed by atoms with Crippen molar-refractivity contribution in [3.63, 3.8) is 0 Å². The quantitative estimate of drug-likeness (QED) is 0.859. The topological polar surface area (TPSA) is 49.8 Å². The van der Waals surface area contributed by atoms with Crippen molar-refractivity contribution >= 4 is 5.82 Å². The summed E-state index contributed by atoms with van der Waals surface area (Å²) in [4.78, 5) is 0. The van der Waals surface area contributed by atoms with Crippen molar-refractivity contribution in [3.05, 3.63) is 42.0 Å². The number of hydrogen-bond donors (Lipinski definition) is 2. The van der Waals surface area contributed by atoms with Crippen LogP contribution in [0.3, 0.4) is 0 Å². The van der Waals surface area contributed by atoms with E-state index in [9.17, 15) is 0 Å². The number of benzene rings is 1. The summed E-state index contributed by atoms with van der Waals surface area (Å²) in [6, 6.07) is 12.8. The molecule has 4 nitrogen and oxygen atoms in total. The zero-order valence-corrected chi connectivity index (χ0v) is 10.4. The molecule has 1 fully saturated rings. The van der Waals surface area contributed by atoms with E-state index in [1.54, 1.807) is 0 Å². The number of nitrogens with zero attached hydrogens (tertiary/aromatic N) is 2. The Balaban J connectivity index is 1.75. The van der Waals surface area contributed by atoms with Crippen molar-refractivity contribution in [1.82, 2.24) is 15.5 Å². The lowest BCUT2D eigenvalue weighted by Crippen LogP contribution is -2.51. The molecule has 0 spiro atoms. The standard InChI is InChI=1S/C14H16N4/c1-10-2-4-11(5-3-10)13-6-7-14(18-17-13)16-12-8-15-9-12/h2-7,12,15H,8-9H2,1H3,(H,16,18). The van der Waals surface area contributed by atoms with Crippen LogP contribution in [0, 0.1) is 6.92 Å². The SMILES string of the molecule is Cc1ccc(-c2ccc(NC3CNC3)nn2)cc1. The Kier molecular flexibility index (Phi) is 2.94. The predicted octanol–water partition coefficient (Wildman–Crippen LogP) is 1.84. The average molecular weight is 240 g/mol. The molecule has 0 saturated carbocycles. The van der Waals surface area contributed by atoms with Crippen LogP contribution in [0.25, 0.3) is 11.3 Å². The van der Waals surface area contributed by atoms with Crippen LogP contribution < -0.4 is 10.6 Å². The first-order valence-corrected chi connectivity index (χ1v) is 6.19. The molecule has 18 heavy (non-hydrogen) atoms. The molecule has 4 heteroatoms. The van der Waals surface area contributed by atoms with Crippen molar-refractivity contribution in [3.8, 4) is 11.3 Å². The maximum atomic E-state index is 4.26. The first-order valence-electron chi connectivity index (χ1n) is 6.19. The highest BCUT2D eigenvalue weighted by Crippen LogP contribution is 2.17. The minimum atomic E-state index is 0.490. The molecule has 2 aromatic rings. The molecule has 0 amide bonds. The van der Waals surface area contributed by atoms with E-state index in [-0.39, 0.29) is 0 Å². The van der Waals surface area contributed by atoms with Gasteiger partial charge in [-0.05, 0) is 19.1 Å². The van der Waals surface area contributed by atoms with Gasteiger partial charge in [0.25, 0.3) is 0 Å². The van der Waals surface area contributed by atoms with Crippen molar-refractivity contribution in [2.24, 2.45) is 0 Å². The minimum absolute atomic E-state index is 0.490. The van der Waals surface area contributed by atoms with Gasteiger partial charge in [-0.1, -0.05) is 29.8 Å². The van der Waals surface area contributed by atoms with E-state index >= 15 is 0 Å². The highest BCUT2D eigenvalue weighted by atomic mass is 15.2. The number of rotatable bonds is 3. The number of aromatic nitrogens is 2. The third-order valence-electron chi connectivity index (χ3n) is 3.15. The number of hydrogen-bond acceptors (Lipinski definition) is 4. The van der Waals surface area contributed by atoms with Crippen LogP contribution >= 0.6 is 0 Å². The van der Waals surface area contributed by atoms with Gasteiger partial charge in [0.15, 0.2) is 0 Å². The zero-order valence-electron chi connectivity index (χ0n) is 10.4. The number of nitrogens with one attached hydrogen (secondary N) is 2. The first kappa shape index (κ1) is 11.2. The second-order valence-corrected chi connectivity index (χ2v) is 4.67. The van der Waals surface area contributed by atoms with E-state index in [2.05, 4.69) is 52.0 Å². The van der Waals surface area contributed by atoms with E-state index in [4.69, 9.17) is 0 Å². The molecule has 1 aliphatic rings. The Bertz CT molecular complexity index is 514. The second kappa shape index (κ2) is 4.74. The highest BCUT2D eigenvalue weighted by Gasteiger charge is 2.16. The van der Waals surface area contributed by atoms with Gasteiger partial charge in [0.05, 0.1) is 11.7 Å². The first-order chi connectivity index (χ1) is 8.81. The van der Waals surface area contributed by atoms with Crippen molar-refractivity contribution < 1.29 is 0 Å². The van der Waals surface area contributed by atoms with Gasteiger partial charge < -0.3 is 10.6 Å². The van der Waals surface area contributed by atoms with Crippen LogP contribution in [-0.2, 0) is 0 Å². The van der Waals surface area contributed by atoms with Crippen LogP contribution in [0.15, 0.2) is 36.4 Å². The van der Waals surface area contributed by atoms with Crippen LogP contribution in [-0.4, -0.2) is 29.3 Å². The predicted molar refractivity (Wildman–Crippen MR) is 72.5 cm³/mol. The third-order valence-corrected chi connectivity index (χ3v) is 3.15. The zero-order chi connectivity index (χ0) is 12.4. The van der Waals surface area contributed by atoms with Crippen LogP contribution in [0.4, 0.5) is 5.82 Å². The Hall–Kier alpha value is -1.94. The lowest BCUT2D eigenvalue weighted by Gasteiger charge is -2.28. The molecule has 1 aromatic carbocycles. The summed E-state index contributed by atoms with van der Waals surface area (Å²) in [6.45, 7) is 4.08. The van der Waals surface area contributed by atoms with E-state index < -0.39 is 0 Å². The molecule has 0 atom stereocenters. The smallest absolute Gasteiger partial charge is 0.148 e. The summed E-state index contributed by atoms with van der Waals surface area (Å²) in [7, 11) is 0. The van der Waals surface area contributed by atoms with Gasteiger partial charge in [0.1, 0.15) is 5.82 Å². The number of anilines is 1. The molecule has 0 bridgehead atoms. The van der Waals surface area contributed by atoms with E-state index in [1.165, 1.54) is 5.56 Å². The van der Waals surface area contributed by atoms with Gasteiger partial charge in [0.2, 0.25) is 0 Å². The fourth-order valence-electron chi connectivity index (χ4n) is 1.89. The van der Waals surface area contributed by atoms with E-state index in [0.29, 0.717) is 6.04 Å². The Morgan fingerprint density at radius 2 is 1.83 bits per heavy atom. The molecule has 0 radical (unpaired) electrons. The van der Waals surface area contributed by atoms with Crippen molar-refractivity contribution in [2.45, 2.75) is 13.0 Å². The molecule has 92 valence electrons. The molecule has 0 unspecified atom stereocenters. The lowest BCUT2D eigenvalue weighted by molar-refractivity contribution is 0.470. The van der Waals surface area contributed by atoms with Crippen molar-refractivity contribution in [2.75, 3.05) is 18.4 Å². The normalized spacial score (nSPS) is 15.2. The molecule has 1 aromatic heterocycles. The maximum absolute atomic E-state index is 4.26. The Morgan fingerprint density at radius 1 is 1.06 bits per heavy atom. The van der Waals surface area contributed by atoms with Crippen LogP contribution in [0.2, 0.25) is 0 Å². The largest absolute Gasteiger partial charge is 0.363 e. The van der Waals surface area contributed by atoms with Gasteiger partial charge >= 0.3 is 0 Å². The number of aryl methyl sites for hydroxylation is 1. The summed E-state index contributed by atoms with van der Waals surface area (Å²) >= 11 is 0. The molecule has 3 rings (SSSR count). The van der Waals surface area contributed by atoms with Gasteiger partial charge in [-0.2, -0.15) is 0 Å².